The van der Waals surface area contributed by atoms with Gasteiger partial charge in [-0.05, 0) is 75.8 Å². The Balaban J connectivity index is 1.84. The fraction of sp³-hybridized carbons (Fsp3) is 0. The molecule has 146 valence electrons. The van der Waals surface area contributed by atoms with Gasteiger partial charge in [-0.3, -0.25) is 0 Å². The maximum atomic E-state index is 2.32. The molecule has 32 heavy (non-hydrogen) atoms. The van der Waals surface area contributed by atoms with E-state index in [4.69, 9.17) is 0 Å². The van der Waals surface area contributed by atoms with Crippen molar-refractivity contribution >= 4 is 64.6 Å². The Labute approximate surface area is 185 Å². The average Bonchev–Trinajstić information content (AvgIpc) is 3.36. The molecule has 0 heterocycles. The van der Waals surface area contributed by atoms with E-state index in [0.29, 0.717) is 0 Å². The van der Waals surface area contributed by atoms with E-state index in [-0.39, 0.29) is 0 Å². The second-order valence-corrected chi connectivity index (χ2v) is 8.85. The molecule has 0 fully saturated rings. The molecule has 0 amide bonds. The molecule has 8 aromatic rings. The van der Waals surface area contributed by atoms with E-state index >= 15 is 0 Å². The molecule has 8 rings (SSSR count). The summed E-state index contributed by atoms with van der Waals surface area (Å²) in [4.78, 5) is 0. The third-order valence-electron chi connectivity index (χ3n) is 7.33. The topological polar surface area (TPSA) is 0 Å². The molecule has 0 N–H and O–H groups in total. The number of fused-ring (bicyclic) bond motifs is 7. The lowest BCUT2D eigenvalue weighted by atomic mass is 9.90. The molecule has 0 aliphatic heterocycles. The lowest BCUT2D eigenvalue weighted by molar-refractivity contribution is 1.69. The molecule has 0 nitrogen and oxygen atoms in total. The van der Waals surface area contributed by atoms with Crippen LogP contribution in [0.1, 0.15) is 0 Å². The van der Waals surface area contributed by atoms with Crippen molar-refractivity contribution in [1.82, 2.24) is 0 Å². The van der Waals surface area contributed by atoms with Crippen molar-refractivity contribution < 1.29 is 0 Å². The molecule has 0 bridgehead atoms. The first-order valence-electron chi connectivity index (χ1n) is 11.2. The summed E-state index contributed by atoms with van der Waals surface area (Å²) in [5.74, 6) is 0. The maximum Gasteiger partial charge on any atom is -0.000697 e. The quantitative estimate of drug-likeness (QED) is 0.257. The molecular weight excluding hydrogens is 384 g/mol. The Hall–Kier alpha value is -4.16. The van der Waals surface area contributed by atoms with Gasteiger partial charge in [0.05, 0.1) is 0 Å². The first-order chi connectivity index (χ1) is 15.9. The van der Waals surface area contributed by atoms with E-state index in [1.165, 1.54) is 75.8 Å². The van der Waals surface area contributed by atoms with Gasteiger partial charge in [0.25, 0.3) is 0 Å². The normalized spacial score (nSPS) is 12.4. The lowest BCUT2D eigenvalue weighted by Crippen LogP contribution is -1.84. The van der Waals surface area contributed by atoms with Crippen LogP contribution in [0.4, 0.5) is 0 Å². The molecule has 0 atom stereocenters. The van der Waals surface area contributed by atoms with Crippen LogP contribution in [0.5, 0.6) is 0 Å². The predicted molar refractivity (Wildman–Crippen MR) is 139 cm³/mol. The summed E-state index contributed by atoms with van der Waals surface area (Å²) in [6.07, 6.45) is 0. The average molecular weight is 402 g/mol. The lowest BCUT2D eigenvalue weighted by Gasteiger charge is -2.12. The van der Waals surface area contributed by atoms with Crippen LogP contribution in [-0.2, 0) is 0 Å². The van der Waals surface area contributed by atoms with Crippen LogP contribution in [0.25, 0.3) is 75.8 Å². The number of rotatable bonds is 1. The van der Waals surface area contributed by atoms with Crippen LogP contribution in [0, 0.1) is 0 Å². The van der Waals surface area contributed by atoms with Crippen molar-refractivity contribution in [1.29, 1.82) is 0 Å². The van der Waals surface area contributed by atoms with Crippen molar-refractivity contribution in [2.24, 2.45) is 0 Å². The molecule has 0 aromatic heterocycles. The van der Waals surface area contributed by atoms with Gasteiger partial charge in [-0.25, -0.2) is 0 Å². The van der Waals surface area contributed by atoms with Gasteiger partial charge in [0.15, 0.2) is 0 Å². The van der Waals surface area contributed by atoms with Gasteiger partial charge in [0, 0.05) is 0 Å². The molecule has 0 aliphatic carbocycles. The van der Waals surface area contributed by atoms with Crippen molar-refractivity contribution in [2.45, 2.75) is 0 Å². The van der Waals surface area contributed by atoms with Crippen LogP contribution >= 0.6 is 0 Å². The van der Waals surface area contributed by atoms with Crippen molar-refractivity contribution in [2.75, 3.05) is 0 Å². The second kappa shape index (κ2) is 5.75. The van der Waals surface area contributed by atoms with Gasteiger partial charge in [0.1, 0.15) is 0 Å². The summed E-state index contributed by atoms with van der Waals surface area (Å²) in [5.41, 5.74) is 2.64. The molecule has 0 saturated carbocycles. The predicted octanol–water partition coefficient (Wildman–Crippen LogP) is 9.15. The number of hydrogen-bond acceptors (Lipinski definition) is 0. The van der Waals surface area contributed by atoms with Crippen LogP contribution in [0.2, 0.25) is 0 Å². The van der Waals surface area contributed by atoms with E-state index in [0.717, 1.165) is 0 Å². The summed E-state index contributed by atoms with van der Waals surface area (Å²) in [5, 5.41) is 16.5. The molecule has 0 unspecified atom stereocenters. The summed E-state index contributed by atoms with van der Waals surface area (Å²) in [6, 6.07) is 40.2. The third-order valence-corrected chi connectivity index (χ3v) is 7.33. The zero-order valence-corrected chi connectivity index (χ0v) is 17.4. The molecule has 0 saturated heterocycles. The third kappa shape index (κ3) is 1.85. The van der Waals surface area contributed by atoms with Gasteiger partial charge in [-0.15, -0.1) is 0 Å². The molecule has 8 aromatic carbocycles. The van der Waals surface area contributed by atoms with Gasteiger partial charge < -0.3 is 0 Å². The zero-order chi connectivity index (χ0) is 20.8. The Bertz CT molecular complexity index is 1950. The zero-order valence-electron chi connectivity index (χ0n) is 17.4. The molecular formula is C32H18. The van der Waals surface area contributed by atoms with Crippen molar-refractivity contribution in [3.8, 4) is 11.1 Å². The first-order valence-corrected chi connectivity index (χ1v) is 11.2. The largest absolute Gasteiger partial charge is 0.0622 e. The smallest absolute Gasteiger partial charge is 0.000697 e. The Morgan fingerprint density at radius 3 is 1.62 bits per heavy atom. The van der Waals surface area contributed by atoms with Gasteiger partial charge in [0.2, 0.25) is 0 Å². The highest BCUT2D eigenvalue weighted by molar-refractivity contribution is 6.48. The highest BCUT2D eigenvalue weighted by Gasteiger charge is 2.23. The second-order valence-electron chi connectivity index (χ2n) is 8.85. The van der Waals surface area contributed by atoms with Crippen LogP contribution < -0.4 is 0 Å². The molecule has 0 spiro atoms. The Morgan fingerprint density at radius 1 is 0.281 bits per heavy atom. The van der Waals surface area contributed by atoms with E-state index in [9.17, 15) is 0 Å². The van der Waals surface area contributed by atoms with Crippen LogP contribution in [-0.4, -0.2) is 0 Å². The minimum atomic E-state index is 1.29. The summed E-state index contributed by atoms with van der Waals surface area (Å²) >= 11 is 0. The molecule has 0 heteroatoms. The van der Waals surface area contributed by atoms with E-state index < -0.39 is 0 Å². The van der Waals surface area contributed by atoms with Gasteiger partial charge in [-0.2, -0.15) is 0 Å². The standard InChI is InChI=1S/C32H18/c1-2-9-20(10-3-1)28-26-18-8-15-22-21-13-4-5-14-23(21)30(29(22)26)32-25-17-7-12-19-11-6-16-24(27(19)25)31(28)32/h1-18H. The SMILES string of the molecule is c1ccc(-c2c3cccc4c5ccccc5c(c34)c3c4cccc5cccc(c23)c54)cc1. The summed E-state index contributed by atoms with van der Waals surface area (Å²) in [6.45, 7) is 0. The highest BCUT2D eigenvalue weighted by Crippen LogP contribution is 2.52. The van der Waals surface area contributed by atoms with E-state index in [1.807, 2.05) is 0 Å². The number of benzene rings is 6. The summed E-state index contributed by atoms with van der Waals surface area (Å²) < 4.78 is 0. The maximum absolute atomic E-state index is 2.32. The monoisotopic (exact) mass is 402 g/mol. The van der Waals surface area contributed by atoms with Crippen LogP contribution in [0.15, 0.2) is 109 Å². The first kappa shape index (κ1) is 16.5. The van der Waals surface area contributed by atoms with E-state index in [1.54, 1.807) is 0 Å². The molecule has 0 aliphatic rings. The summed E-state index contributed by atoms with van der Waals surface area (Å²) in [7, 11) is 0. The molecule has 0 radical (unpaired) electrons. The van der Waals surface area contributed by atoms with Gasteiger partial charge in [-0.1, -0.05) is 109 Å². The van der Waals surface area contributed by atoms with Crippen LogP contribution in [0.3, 0.4) is 0 Å². The minimum Gasteiger partial charge on any atom is -0.0622 e. The number of hydrogen-bond donors (Lipinski definition) is 0. The van der Waals surface area contributed by atoms with Crippen molar-refractivity contribution in [3.05, 3.63) is 109 Å². The van der Waals surface area contributed by atoms with E-state index in [2.05, 4.69) is 109 Å². The Morgan fingerprint density at radius 2 is 0.812 bits per heavy atom. The minimum absolute atomic E-state index is 1.29. The van der Waals surface area contributed by atoms with Crippen molar-refractivity contribution in [3.63, 3.8) is 0 Å². The van der Waals surface area contributed by atoms with Gasteiger partial charge >= 0.3 is 0 Å². The highest BCUT2D eigenvalue weighted by atomic mass is 14.3. The fourth-order valence-corrected chi connectivity index (χ4v) is 6.17. The Kier molecular flexibility index (Phi) is 2.97. The fourth-order valence-electron chi connectivity index (χ4n) is 6.17.